The third kappa shape index (κ3) is 4.29. The number of ether oxygens (including phenoxy) is 2. The minimum absolute atomic E-state index is 0.0506. The molecule has 0 saturated carbocycles. The molecule has 0 amide bonds. The molecule has 0 aromatic carbocycles. The maximum Gasteiger partial charge on any atom is 0.0841 e. The Balaban J connectivity index is 1.32. The number of pyridine rings is 2. The minimum atomic E-state index is -0.0506. The highest BCUT2D eigenvalue weighted by atomic mass is 16.6. The summed E-state index contributed by atoms with van der Waals surface area (Å²) < 4.78 is 12.4. The molecule has 0 unspecified atom stereocenters. The number of hydrogen-bond donors (Lipinski definition) is 0. The van der Waals surface area contributed by atoms with E-state index in [9.17, 15) is 0 Å². The first-order valence-electron chi connectivity index (χ1n) is 9.50. The Morgan fingerprint density at radius 1 is 1.27 bits per heavy atom. The van der Waals surface area contributed by atoms with Crippen LogP contribution in [0.2, 0.25) is 0 Å². The molecule has 4 heterocycles. The lowest BCUT2D eigenvalue weighted by atomic mass is 9.89. The van der Waals surface area contributed by atoms with Crippen molar-refractivity contribution in [3.8, 4) is 0 Å². The summed E-state index contributed by atoms with van der Waals surface area (Å²) in [5, 5.41) is 0. The van der Waals surface area contributed by atoms with Crippen molar-refractivity contribution < 1.29 is 9.47 Å². The molecule has 0 N–H and O–H groups in total. The molecule has 2 aliphatic heterocycles. The molecule has 0 radical (unpaired) electrons. The zero-order valence-electron chi connectivity index (χ0n) is 15.4. The van der Waals surface area contributed by atoms with E-state index in [0.29, 0.717) is 13.2 Å². The summed E-state index contributed by atoms with van der Waals surface area (Å²) in [7, 11) is 0. The van der Waals surface area contributed by atoms with Gasteiger partial charge in [0.05, 0.1) is 30.6 Å². The van der Waals surface area contributed by atoms with Crippen LogP contribution in [0.15, 0.2) is 42.7 Å². The molecule has 2 saturated heterocycles. The molecule has 4 rings (SSSR count). The lowest BCUT2D eigenvalue weighted by Gasteiger charge is -2.39. The van der Waals surface area contributed by atoms with Gasteiger partial charge in [-0.3, -0.25) is 14.9 Å². The normalized spacial score (nSPS) is 26.4. The van der Waals surface area contributed by atoms with E-state index in [0.717, 1.165) is 49.4 Å². The van der Waals surface area contributed by atoms with Crippen LogP contribution in [0.25, 0.3) is 0 Å². The van der Waals surface area contributed by atoms with Crippen LogP contribution >= 0.6 is 0 Å². The van der Waals surface area contributed by atoms with Crippen molar-refractivity contribution in [2.45, 2.75) is 51.0 Å². The van der Waals surface area contributed by atoms with Crippen LogP contribution in [0.5, 0.6) is 0 Å². The number of aromatic nitrogens is 2. The van der Waals surface area contributed by atoms with Crippen molar-refractivity contribution >= 4 is 0 Å². The van der Waals surface area contributed by atoms with Gasteiger partial charge >= 0.3 is 0 Å². The number of aryl methyl sites for hydroxylation is 1. The van der Waals surface area contributed by atoms with E-state index in [1.54, 1.807) is 0 Å². The first-order valence-corrected chi connectivity index (χ1v) is 9.50. The molecular formula is C21H27N3O2. The molecule has 2 fully saturated rings. The van der Waals surface area contributed by atoms with Crippen molar-refractivity contribution in [3.63, 3.8) is 0 Å². The van der Waals surface area contributed by atoms with Gasteiger partial charge in [0.1, 0.15) is 0 Å². The van der Waals surface area contributed by atoms with E-state index < -0.39 is 0 Å². The van der Waals surface area contributed by atoms with E-state index in [-0.39, 0.29) is 11.7 Å². The van der Waals surface area contributed by atoms with E-state index in [1.165, 1.54) is 6.42 Å². The van der Waals surface area contributed by atoms with E-state index in [1.807, 2.05) is 37.5 Å². The Bertz CT molecular complexity index is 724. The second-order valence-corrected chi connectivity index (χ2v) is 7.57. The van der Waals surface area contributed by atoms with Gasteiger partial charge in [0.15, 0.2) is 0 Å². The Morgan fingerprint density at radius 3 is 3.00 bits per heavy atom. The van der Waals surface area contributed by atoms with Crippen LogP contribution in [0.3, 0.4) is 0 Å². The number of rotatable bonds is 5. The molecule has 2 atom stereocenters. The average Bonchev–Trinajstić information content (AvgIpc) is 3.03. The second-order valence-electron chi connectivity index (χ2n) is 7.57. The van der Waals surface area contributed by atoms with Crippen molar-refractivity contribution in [1.29, 1.82) is 0 Å². The van der Waals surface area contributed by atoms with E-state index >= 15 is 0 Å². The smallest absolute Gasteiger partial charge is 0.0841 e. The summed E-state index contributed by atoms with van der Waals surface area (Å²) >= 11 is 0. The molecule has 0 aliphatic carbocycles. The molecule has 0 bridgehead atoms. The molecule has 5 heteroatoms. The molecule has 1 spiro atoms. The molecule has 2 aromatic heterocycles. The first kappa shape index (κ1) is 17.6. The number of hydrogen-bond acceptors (Lipinski definition) is 5. The Kier molecular flexibility index (Phi) is 5.29. The fraction of sp³-hybridized carbons (Fsp3) is 0.524. The van der Waals surface area contributed by atoms with Crippen LogP contribution in [0, 0.1) is 6.92 Å². The molecule has 2 aromatic rings. The van der Waals surface area contributed by atoms with Gasteiger partial charge in [-0.2, -0.15) is 0 Å². The molecule has 2 aliphatic rings. The fourth-order valence-electron chi connectivity index (χ4n) is 4.13. The van der Waals surface area contributed by atoms with Gasteiger partial charge in [0.25, 0.3) is 0 Å². The monoisotopic (exact) mass is 353 g/mol. The van der Waals surface area contributed by atoms with Gasteiger partial charge in [-0.1, -0.05) is 6.07 Å². The summed E-state index contributed by atoms with van der Waals surface area (Å²) in [6.45, 7) is 6.35. The molecule has 5 nitrogen and oxygen atoms in total. The Hall–Kier alpha value is -1.82. The maximum atomic E-state index is 6.27. The number of likely N-dealkylation sites (tertiary alicyclic amines) is 1. The zero-order chi connectivity index (χ0) is 17.8. The third-order valence-corrected chi connectivity index (χ3v) is 5.36. The topological polar surface area (TPSA) is 47.5 Å². The van der Waals surface area contributed by atoms with Gasteiger partial charge in [0.2, 0.25) is 0 Å². The quantitative estimate of drug-likeness (QED) is 0.826. The molecule has 138 valence electrons. The van der Waals surface area contributed by atoms with Gasteiger partial charge < -0.3 is 9.47 Å². The van der Waals surface area contributed by atoms with Gasteiger partial charge in [-0.15, -0.1) is 0 Å². The summed E-state index contributed by atoms with van der Waals surface area (Å²) in [6, 6.07) is 10.3. The third-order valence-electron chi connectivity index (χ3n) is 5.36. The average molecular weight is 353 g/mol. The van der Waals surface area contributed by atoms with Crippen LogP contribution in [-0.4, -0.2) is 46.3 Å². The fourth-order valence-corrected chi connectivity index (χ4v) is 4.13. The lowest BCUT2D eigenvalue weighted by Crippen LogP contribution is -2.47. The highest BCUT2D eigenvalue weighted by Gasteiger charge is 2.43. The minimum Gasteiger partial charge on any atom is -0.371 e. The largest absolute Gasteiger partial charge is 0.371 e. The summed E-state index contributed by atoms with van der Waals surface area (Å²) in [5.41, 5.74) is 3.34. The standard InChI is InChI=1S/C21H27N3O2/c1-17-4-2-5-19(23-17)13-24-11-3-8-21(16-24)12-20(15-26-21)25-14-18-6-9-22-10-7-18/h2,4-7,9-10,20H,3,8,11-16H2,1H3/t20-,21+/m1/s1. The van der Waals surface area contributed by atoms with Crippen LogP contribution < -0.4 is 0 Å². The highest BCUT2D eigenvalue weighted by Crippen LogP contribution is 2.36. The first-order chi connectivity index (χ1) is 12.7. The van der Waals surface area contributed by atoms with Crippen LogP contribution in [0.4, 0.5) is 0 Å². The van der Waals surface area contributed by atoms with Crippen LogP contribution in [-0.2, 0) is 22.6 Å². The molecular weight excluding hydrogens is 326 g/mol. The maximum absolute atomic E-state index is 6.27. The predicted octanol–water partition coefficient (Wildman–Crippen LogP) is 3.13. The summed E-state index contributed by atoms with van der Waals surface area (Å²) in [4.78, 5) is 11.2. The van der Waals surface area contributed by atoms with Crippen molar-refractivity contribution in [3.05, 3.63) is 59.7 Å². The van der Waals surface area contributed by atoms with Crippen molar-refractivity contribution in [2.75, 3.05) is 19.7 Å². The number of nitrogens with zero attached hydrogens (tertiary/aromatic N) is 3. The van der Waals surface area contributed by atoms with Gasteiger partial charge in [-0.05, 0) is 56.1 Å². The summed E-state index contributed by atoms with van der Waals surface area (Å²) in [5.74, 6) is 0. The number of piperidine rings is 1. The van der Waals surface area contributed by atoms with Gasteiger partial charge in [0, 0.05) is 37.6 Å². The van der Waals surface area contributed by atoms with E-state index in [2.05, 4.69) is 27.0 Å². The van der Waals surface area contributed by atoms with Crippen molar-refractivity contribution in [1.82, 2.24) is 14.9 Å². The Labute approximate surface area is 155 Å². The van der Waals surface area contributed by atoms with E-state index in [4.69, 9.17) is 9.47 Å². The van der Waals surface area contributed by atoms with Gasteiger partial charge in [-0.25, -0.2) is 0 Å². The van der Waals surface area contributed by atoms with Crippen LogP contribution in [0.1, 0.15) is 36.2 Å². The highest BCUT2D eigenvalue weighted by molar-refractivity contribution is 5.11. The lowest BCUT2D eigenvalue weighted by molar-refractivity contribution is -0.0550. The second kappa shape index (κ2) is 7.82. The van der Waals surface area contributed by atoms with Crippen molar-refractivity contribution in [2.24, 2.45) is 0 Å². The summed E-state index contributed by atoms with van der Waals surface area (Å²) in [6.07, 6.45) is 7.08. The zero-order valence-corrected chi connectivity index (χ0v) is 15.4. The molecule has 26 heavy (non-hydrogen) atoms. The SMILES string of the molecule is Cc1cccc(CN2CCC[C@]3(C[C@@H](OCc4ccncc4)CO3)C2)n1. The predicted molar refractivity (Wildman–Crippen MR) is 99.6 cm³/mol. The Morgan fingerprint density at radius 2 is 2.15 bits per heavy atom.